The standard InChI is InChI=1S/C22H22N4O2S2/c1-14(2)26-21(16-12-29-19-11-7-4-8-15(16)19)24-25-22(26)30-13-20(27)23-17-9-5-6-10-18(17)28-3/h4-12,14H,13H2,1-3H3,(H,23,27). The lowest BCUT2D eigenvalue weighted by Crippen LogP contribution is -2.15. The highest BCUT2D eigenvalue weighted by molar-refractivity contribution is 7.99. The van der Waals surface area contributed by atoms with Gasteiger partial charge in [-0.25, -0.2) is 0 Å². The molecule has 0 spiro atoms. The number of benzene rings is 2. The number of thioether (sulfide) groups is 1. The van der Waals surface area contributed by atoms with E-state index in [4.69, 9.17) is 4.74 Å². The quantitative estimate of drug-likeness (QED) is 0.387. The lowest BCUT2D eigenvalue weighted by Gasteiger charge is -2.14. The number of para-hydroxylation sites is 2. The second kappa shape index (κ2) is 8.89. The van der Waals surface area contributed by atoms with E-state index in [2.05, 4.69) is 51.4 Å². The molecule has 0 bridgehead atoms. The van der Waals surface area contributed by atoms with Gasteiger partial charge in [-0.2, -0.15) is 0 Å². The number of thiophene rings is 1. The summed E-state index contributed by atoms with van der Waals surface area (Å²) in [5.74, 6) is 1.57. The molecular weight excluding hydrogens is 416 g/mol. The Balaban J connectivity index is 1.55. The third-order valence-corrected chi connectivity index (χ3v) is 6.52. The molecule has 154 valence electrons. The number of hydrogen-bond donors (Lipinski definition) is 1. The number of anilines is 1. The zero-order chi connectivity index (χ0) is 21.1. The minimum atomic E-state index is -0.120. The van der Waals surface area contributed by atoms with Crippen LogP contribution in [-0.2, 0) is 4.79 Å². The van der Waals surface area contributed by atoms with Crippen LogP contribution in [0, 0.1) is 0 Å². The first-order chi connectivity index (χ1) is 14.6. The van der Waals surface area contributed by atoms with Crippen LogP contribution in [0.15, 0.2) is 59.1 Å². The van der Waals surface area contributed by atoms with Crippen molar-refractivity contribution >= 4 is 44.8 Å². The largest absolute Gasteiger partial charge is 0.495 e. The van der Waals surface area contributed by atoms with E-state index >= 15 is 0 Å². The maximum atomic E-state index is 12.5. The van der Waals surface area contributed by atoms with Gasteiger partial charge in [0.15, 0.2) is 11.0 Å². The monoisotopic (exact) mass is 438 g/mol. The van der Waals surface area contributed by atoms with Crippen LogP contribution in [0.3, 0.4) is 0 Å². The Morgan fingerprint density at radius 3 is 2.73 bits per heavy atom. The molecule has 0 saturated carbocycles. The first-order valence-corrected chi connectivity index (χ1v) is 11.4. The van der Waals surface area contributed by atoms with Crippen LogP contribution < -0.4 is 10.1 Å². The van der Waals surface area contributed by atoms with Gasteiger partial charge in [0.05, 0.1) is 18.6 Å². The van der Waals surface area contributed by atoms with Gasteiger partial charge in [-0.15, -0.1) is 21.5 Å². The highest BCUT2D eigenvalue weighted by Gasteiger charge is 2.20. The molecule has 2 aromatic carbocycles. The van der Waals surface area contributed by atoms with Crippen molar-refractivity contribution in [1.82, 2.24) is 14.8 Å². The molecule has 2 heterocycles. The van der Waals surface area contributed by atoms with Gasteiger partial charge in [0, 0.05) is 27.1 Å². The van der Waals surface area contributed by atoms with Crippen LogP contribution in [0.1, 0.15) is 19.9 Å². The number of hydrogen-bond acceptors (Lipinski definition) is 6. The molecule has 0 aliphatic carbocycles. The molecule has 1 amide bonds. The van der Waals surface area contributed by atoms with Crippen molar-refractivity contribution in [1.29, 1.82) is 0 Å². The van der Waals surface area contributed by atoms with Gasteiger partial charge >= 0.3 is 0 Å². The molecule has 0 saturated heterocycles. The second-order valence-electron chi connectivity index (χ2n) is 6.95. The number of carbonyl (C=O) groups excluding carboxylic acids is 1. The van der Waals surface area contributed by atoms with Crippen molar-refractivity contribution in [3.8, 4) is 17.1 Å². The predicted octanol–water partition coefficient (Wildman–Crippen LogP) is 5.48. The van der Waals surface area contributed by atoms with E-state index in [1.807, 2.05) is 36.4 Å². The van der Waals surface area contributed by atoms with Gasteiger partial charge in [-0.3, -0.25) is 9.36 Å². The van der Waals surface area contributed by atoms with E-state index in [0.717, 1.165) is 16.5 Å². The van der Waals surface area contributed by atoms with E-state index in [1.165, 1.54) is 21.8 Å². The lowest BCUT2D eigenvalue weighted by molar-refractivity contribution is -0.113. The average molecular weight is 439 g/mol. The van der Waals surface area contributed by atoms with Crippen LogP contribution in [-0.4, -0.2) is 33.5 Å². The summed E-state index contributed by atoms with van der Waals surface area (Å²) in [6.07, 6.45) is 0. The van der Waals surface area contributed by atoms with E-state index in [-0.39, 0.29) is 17.7 Å². The maximum absolute atomic E-state index is 12.5. The van der Waals surface area contributed by atoms with Gasteiger partial charge < -0.3 is 10.1 Å². The third kappa shape index (κ3) is 4.06. The zero-order valence-electron chi connectivity index (χ0n) is 17.0. The Labute approximate surface area is 183 Å². The van der Waals surface area contributed by atoms with Crippen LogP contribution in [0.2, 0.25) is 0 Å². The van der Waals surface area contributed by atoms with Crippen molar-refractivity contribution in [2.45, 2.75) is 25.0 Å². The molecule has 0 atom stereocenters. The lowest BCUT2D eigenvalue weighted by atomic mass is 10.1. The molecular formula is C22H22N4O2S2. The molecule has 6 nitrogen and oxygen atoms in total. The molecule has 0 fully saturated rings. The summed E-state index contributed by atoms with van der Waals surface area (Å²) in [5.41, 5.74) is 1.73. The van der Waals surface area contributed by atoms with Crippen LogP contribution in [0.5, 0.6) is 5.75 Å². The Bertz CT molecular complexity index is 1180. The number of carbonyl (C=O) groups is 1. The number of methoxy groups -OCH3 is 1. The second-order valence-corrected chi connectivity index (χ2v) is 8.81. The number of amides is 1. The summed E-state index contributed by atoms with van der Waals surface area (Å²) in [5, 5.41) is 15.8. The van der Waals surface area contributed by atoms with Crippen LogP contribution >= 0.6 is 23.1 Å². The molecule has 2 aromatic heterocycles. The smallest absolute Gasteiger partial charge is 0.234 e. The third-order valence-electron chi connectivity index (χ3n) is 4.62. The number of aromatic nitrogens is 3. The van der Waals surface area contributed by atoms with Gasteiger partial charge in [0.2, 0.25) is 5.91 Å². The van der Waals surface area contributed by atoms with E-state index in [9.17, 15) is 4.79 Å². The Morgan fingerprint density at radius 2 is 1.93 bits per heavy atom. The molecule has 0 radical (unpaired) electrons. The van der Waals surface area contributed by atoms with E-state index in [1.54, 1.807) is 18.4 Å². The van der Waals surface area contributed by atoms with Crippen molar-refractivity contribution in [3.05, 3.63) is 53.9 Å². The zero-order valence-corrected chi connectivity index (χ0v) is 18.6. The normalized spacial score (nSPS) is 11.2. The Hall–Kier alpha value is -2.84. The average Bonchev–Trinajstić information content (AvgIpc) is 3.36. The fourth-order valence-electron chi connectivity index (χ4n) is 3.24. The topological polar surface area (TPSA) is 69.0 Å². The highest BCUT2D eigenvalue weighted by atomic mass is 32.2. The minimum absolute atomic E-state index is 0.120. The molecule has 4 aromatic rings. The van der Waals surface area contributed by atoms with Gasteiger partial charge in [0.25, 0.3) is 0 Å². The molecule has 0 aliphatic rings. The fraction of sp³-hybridized carbons (Fsp3) is 0.227. The summed E-state index contributed by atoms with van der Waals surface area (Å²) in [6.45, 7) is 4.20. The summed E-state index contributed by atoms with van der Waals surface area (Å²) in [4.78, 5) is 12.5. The summed E-state index contributed by atoms with van der Waals surface area (Å²) in [6, 6.07) is 15.8. The minimum Gasteiger partial charge on any atom is -0.495 e. The van der Waals surface area contributed by atoms with Gasteiger partial charge in [0.1, 0.15) is 5.75 Å². The SMILES string of the molecule is COc1ccccc1NC(=O)CSc1nnc(-c2csc3ccccc23)n1C(C)C. The summed E-state index contributed by atoms with van der Waals surface area (Å²) < 4.78 is 8.60. The number of rotatable bonds is 7. The Kier molecular flexibility index (Phi) is 6.06. The van der Waals surface area contributed by atoms with E-state index < -0.39 is 0 Å². The number of ether oxygens (including phenoxy) is 1. The molecule has 1 N–H and O–H groups in total. The van der Waals surface area contributed by atoms with Crippen LogP contribution in [0.25, 0.3) is 21.5 Å². The first kappa shape index (κ1) is 20.4. The summed E-state index contributed by atoms with van der Waals surface area (Å²) in [7, 11) is 1.58. The van der Waals surface area contributed by atoms with Crippen molar-refractivity contribution in [2.24, 2.45) is 0 Å². The molecule has 0 unspecified atom stereocenters. The fourth-order valence-corrected chi connectivity index (χ4v) is 5.05. The Morgan fingerprint density at radius 1 is 1.17 bits per heavy atom. The van der Waals surface area contributed by atoms with Gasteiger partial charge in [-0.1, -0.05) is 42.1 Å². The van der Waals surface area contributed by atoms with Crippen molar-refractivity contribution in [2.75, 3.05) is 18.2 Å². The van der Waals surface area contributed by atoms with Crippen molar-refractivity contribution < 1.29 is 9.53 Å². The summed E-state index contributed by atoms with van der Waals surface area (Å²) >= 11 is 3.08. The molecule has 30 heavy (non-hydrogen) atoms. The number of fused-ring (bicyclic) bond motifs is 1. The molecule has 4 rings (SSSR count). The highest BCUT2D eigenvalue weighted by Crippen LogP contribution is 2.35. The number of nitrogens with one attached hydrogen (secondary N) is 1. The number of nitrogens with zero attached hydrogens (tertiary/aromatic N) is 3. The van der Waals surface area contributed by atoms with Crippen LogP contribution in [0.4, 0.5) is 5.69 Å². The predicted molar refractivity (Wildman–Crippen MR) is 124 cm³/mol. The van der Waals surface area contributed by atoms with Crippen molar-refractivity contribution in [3.63, 3.8) is 0 Å². The molecule has 0 aliphatic heterocycles. The van der Waals surface area contributed by atoms with E-state index in [0.29, 0.717) is 11.4 Å². The van der Waals surface area contributed by atoms with Gasteiger partial charge in [-0.05, 0) is 32.0 Å². The molecule has 8 heteroatoms. The first-order valence-electron chi connectivity index (χ1n) is 9.55. The maximum Gasteiger partial charge on any atom is 0.234 e.